The number of methoxy groups -OCH3 is 1. The molecular weight excluding hydrogens is 394 g/mol. The van der Waals surface area contributed by atoms with Crippen molar-refractivity contribution in [3.63, 3.8) is 0 Å². The Hall–Kier alpha value is -2.88. The highest BCUT2D eigenvalue weighted by Crippen LogP contribution is 2.49. The summed E-state index contributed by atoms with van der Waals surface area (Å²) in [5.41, 5.74) is 2.54. The number of hydrogen-bond acceptors (Lipinski definition) is 6. The lowest BCUT2D eigenvalue weighted by atomic mass is 9.91. The molecule has 2 heterocycles. The van der Waals surface area contributed by atoms with E-state index in [2.05, 4.69) is 16.7 Å². The number of nitrogens with zero attached hydrogens (tertiary/aromatic N) is 1. The molecule has 2 aromatic rings. The number of aldehydes is 1. The molecule has 0 fully saturated rings. The van der Waals surface area contributed by atoms with Crippen LogP contribution in [0.15, 0.2) is 24.3 Å². The maximum atomic E-state index is 11.2. The molecule has 2 aliphatic heterocycles. The van der Waals surface area contributed by atoms with Crippen LogP contribution in [0.4, 0.5) is 0 Å². The summed E-state index contributed by atoms with van der Waals surface area (Å²) in [5.74, 6) is 8.81. The Labute approximate surface area is 174 Å². The van der Waals surface area contributed by atoms with Gasteiger partial charge >= 0.3 is 0 Å². The minimum absolute atomic E-state index is 0.148. The van der Waals surface area contributed by atoms with Gasteiger partial charge in [0.2, 0.25) is 12.5 Å². The summed E-state index contributed by atoms with van der Waals surface area (Å²) < 4.78 is 22.5. The van der Waals surface area contributed by atoms with E-state index in [1.807, 2.05) is 13.1 Å². The summed E-state index contributed by atoms with van der Waals surface area (Å²) in [6.45, 7) is 1.20. The molecule has 4 rings (SSSR count). The highest BCUT2D eigenvalue weighted by atomic mass is 35.5. The standard InChI is InChI=1S/C22H20ClNO5/c1-24-8-7-14-11-19-21(29-13-28-19)22(26-2)20(14)17(24)4-3-9-27-18-6-5-16(23)10-15(18)12-25/h5-6,10-12,17H,7-9,13H2,1-2H3. The third-order valence-corrected chi connectivity index (χ3v) is 5.27. The molecule has 0 aliphatic carbocycles. The first kappa shape index (κ1) is 19.4. The Morgan fingerprint density at radius 2 is 2.21 bits per heavy atom. The largest absolute Gasteiger partial charge is 0.492 e. The molecule has 150 valence electrons. The number of carbonyl (C=O) groups is 1. The van der Waals surface area contributed by atoms with Gasteiger partial charge in [-0.1, -0.05) is 23.4 Å². The lowest BCUT2D eigenvalue weighted by Crippen LogP contribution is -2.31. The molecule has 29 heavy (non-hydrogen) atoms. The van der Waals surface area contributed by atoms with Crippen molar-refractivity contribution in [3.05, 3.63) is 46.0 Å². The van der Waals surface area contributed by atoms with Crippen LogP contribution in [0.5, 0.6) is 23.0 Å². The number of likely N-dealkylation sites (N-methyl/N-ethyl adjacent to an activating group) is 1. The molecule has 0 N–H and O–H groups in total. The number of benzene rings is 2. The maximum Gasteiger partial charge on any atom is 0.231 e. The van der Waals surface area contributed by atoms with Gasteiger partial charge < -0.3 is 18.9 Å². The number of carbonyl (C=O) groups excluding carboxylic acids is 1. The molecule has 1 atom stereocenters. The van der Waals surface area contributed by atoms with Gasteiger partial charge in [-0.05, 0) is 43.3 Å². The summed E-state index contributed by atoms with van der Waals surface area (Å²) in [5, 5.41) is 0.483. The van der Waals surface area contributed by atoms with Gasteiger partial charge in [0.1, 0.15) is 18.4 Å². The number of halogens is 1. The quantitative estimate of drug-likeness (QED) is 0.565. The molecule has 0 saturated heterocycles. The van der Waals surface area contributed by atoms with Crippen LogP contribution >= 0.6 is 11.6 Å². The van der Waals surface area contributed by atoms with E-state index in [-0.39, 0.29) is 19.4 Å². The fraction of sp³-hybridized carbons (Fsp3) is 0.318. The molecule has 7 heteroatoms. The van der Waals surface area contributed by atoms with E-state index < -0.39 is 0 Å². The van der Waals surface area contributed by atoms with E-state index in [9.17, 15) is 4.79 Å². The van der Waals surface area contributed by atoms with Crippen LogP contribution in [0.1, 0.15) is 27.5 Å². The van der Waals surface area contributed by atoms with Crippen molar-refractivity contribution < 1.29 is 23.7 Å². The number of fused-ring (bicyclic) bond motifs is 2. The minimum Gasteiger partial charge on any atom is -0.492 e. The Kier molecular flexibility index (Phi) is 5.52. The van der Waals surface area contributed by atoms with Crippen LogP contribution in [0, 0.1) is 11.8 Å². The van der Waals surface area contributed by atoms with Gasteiger partial charge in [-0.3, -0.25) is 9.69 Å². The number of rotatable bonds is 4. The molecule has 0 radical (unpaired) electrons. The average molecular weight is 414 g/mol. The molecule has 0 aromatic heterocycles. The first-order chi connectivity index (χ1) is 14.1. The molecule has 1 unspecified atom stereocenters. The van der Waals surface area contributed by atoms with Gasteiger partial charge in [0.15, 0.2) is 17.8 Å². The van der Waals surface area contributed by atoms with Gasteiger partial charge in [-0.2, -0.15) is 0 Å². The lowest BCUT2D eigenvalue weighted by molar-refractivity contribution is 0.112. The van der Waals surface area contributed by atoms with E-state index in [4.69, 9.17) is 30.5 Å². The van der Waals surface area contributed by atoms with Gasteiger partial charge in [0.05, 0.1) is 12.7 Å². The molecule has 2 aromatic carbocycles. The molecule has 2 aliphatic rings. The third-order valence-electron chi connectivity index (χ3n) is 5.03. The van der Waals surface area contributed by atoms with E-state index in [1.54, 1.807) is 25.3 Å². The molecular formula is C22H20ClNO5. The second-order valence-electron chi connectivity index (χ2n) is 6.76. The second kappa shape index (κ2) is 8.24. The van der Waals surface area contributed by atoms with Crippen LogP contribution in [-0.2, 0) is 6.42 Å². The third kappa shape index (κ3) is 3.71. The Balaban J connectivity index is 1.59. The fourth-order valence-corrected chi connectivity index (χ4v) is 3.79. The monoisotopic (exact) mass is 413 g/mol. The van der Waals surface area contributed by atoms with E-state index in [0.29, 0.717) is 39.9 Å². The summed E-state index contributed by atoms with van der Waals surface area (Å²) >= 11 is 5.91. The zero-order chi connectivity index (χ0) is 20.4. The van der Waals surface area contributed by atoms with E-state index in [0.717, 1.165) is 24.1 Å². The van der Waals surface area contributed by atoms with Crippen molar-refractivity contribution in [1.29, 1.82) is 0 Å². The maximum absolute atomic E-state index is 11.2. The van der Waals surface area contributed by atoms with E-state index in [1.165, 1.54) is 0 Å². The molecule has 0 spiro atoms. The SMILES string of the molecule is COc1c2c(cc3c1C(C#CCOc1ccc(Cl)cc1C=O)N(C)CC3)OCO2. The van der Waals surface area contributed by atoms with Crippen LogP contribution in [0.25, 0.3) is 0 Å². The van der Waals surface area contributed by atoms with Crippen molar-refractivity contribution in [2.24, 2.45) is 0 Å². The molecule has 0 saturated carbocycles. The smallest absolute Gasteiger partial charge is 0.231 e. The molecule has 0 bridgehead atoms. The fourth-order valence-electron chi connectivity index (χ4n) is 3.61. The van der Waals surface area contributed by atoms with Gasteiger partial charge in [0.25, 0.3) is 0 Å². The number of hydrogen-bond donors (Lipinski definition) is 0. The van der Waals surface area contributed by atoms with E-state index >= 15 is 0 Å². The summed E-state index contributed by atoms with van der Waals surface area (Å²) in [6, 6.07) is 6.76. The first-order valence-electron chi connectivity index (χ1n) is 9.18. The average Bonchev–Trinajstić information content (AvgIpc) is 3.19. The van der Waals surface area contributed by atoms with Crippen LogP contribution in [0.2, 0.25) is 5.02 Å². The van der Waals surface area contributed by atoms with Gasteiger partial charge in [-0.25, -0.2) is 0 Å². The summed E-state index contributed by atoms with van der Waals surface area (Å²) in [6.07, 6.45) is 1.59. The normalized spacial score (nSPS) is 17.1. The highest BCUT2D eigenvalue weighted by Gasteiger charge is 2.33. The zero-order valence-corrected chi connectivity index (χ0v) is 16.9. The predicted octanol–water partition coefficient (Wildman–Crippen LogP) is 3.50. The van der Waals surface area contributed by atoms with Gasteiger partial charge in [0, 0.05) is 17.1 Å². The van der Waals surface area contributed by atoms with Crippen molar-refractivity contribution >= 4 is 17.9 Å². The zero-order valence-electron chi connectivity index (χ0n) is 16.2. The van der Waals surface area contributed by atoms with Crippen molar-refractivity contribution in [1.82, 2.24) is 4.90 Å². The predicted molar refractivity (Wildman–Crippen MR) is 108 cm³/mol. The van der Waals surface area contributed by atoms with Crippen LogP contribution < -0.4 is 18.9 Å². The molecule has 0 amide bonds. The highest BCUT2D eigenvalue weighted by molar-refractivity contribution is 6.30. The van der Waals surface area contributed by atoms with Crippen molar-refractivity contribution in [2.75, 3.05) is 34.1 Å². The first-order valence-corrected chi connectivity index (χ1v) is 9.55. The topological polar surface area (TPSA) is 57.2 Å². The van der Waals surface area contributed by atoms with Crippen LogP contribution in [0.3, 0.4) is 0 Å². The summed E-state index contributed by atoms with van der Waals surface area (Å²) in [4.78, 5) is 13.4. The Bertz CT molecular complexity index is 1010. The van der Waals surface area contributed by atoms with Crippen molar-refractivity contribution in [2.45, 2.75) is 12.5 Å². The lowest BCUT2D eigenvalue weighted by Gasteiger charge is -2.32. The molecule has 6 nitrogen and oxygen atoms in total. The Morgan fingerprint density at radius 3 is 3.00 bits per heavy atom. The van der Waals surface area contributed by atoms with Gasteiger partial charge in [-0.15, -0.1) is 0 Å². The summed E-state index contributed by atoms with van der Waals surface area (Å²) in [7, 11) is 3.65. The second-order valence-corrected chi connectivity index (χ2v) is 7.20. The van der Waals surface area contributed by atoms with Crippen molar-refractivity contribution in [3.8, 4) is 34.8 Å². The Morgan fingerprint density at radius 1 is 1.34 bits per heavy atom. The van der Waals surface area contributed by atoms with Crippen LogP contribution in [-0.4, -0.2) is 45.3 Å². The number of ether oxygens (including phenoxy) is 4. The minimum atomic E-state index is -0.164.